The van der Waals surface area contributed by atoms with Gasteiger partial charge in [0, 0.05) is 15.8 Å². The first kappa shape index (κ1) is 9.16. The molecule has 1 aliphatic heterocycles. The fourth-order valence-corrected chi connectivity index (χ4v) is 2.38. The maximum Gasteiger partial charge on any atom is 0.218 e. The Bertz CT molecular complexity index is 512. The van der Waals surface area contributed by atoms with Crippen LogP contribution in [-0.4, -0.2) is 11.6 Å². The van der Waals surface area contributed by atoms with Crippen molar-refractivity contribution in [1.82, 2.24) is 4.98 Å². The van der Waals surface area contributed by atoms with Crippen molar-refractivity contribution in [2.45, 2.75) is 11.2 Å². The summed E-state index contributed by atoms with van der Waals surface area (Å²) in [6.45, 7) is 0.744. The molecule has 15 heavy (non-hydrogen) atoms. The summed E-state index contributed by atoms with van der Waals surface area (Å²) >= 11 is 3.65. The van der Waals surface area contributed by atoms with E-state index in [0.29, 0.717) is 4.83 Å². The van der Waals surface area contributed by atoms with Crippen molar-refractivity contribution < 1.29 is 4.74 Å². The van der Waals surface area contributed by atoms with Gasteiger partial charge in [-0.1, -0.05) is 34.1 Å². The minimum absolute atomic E-state index is 0.373. The van der Waals surface area contributed by atoms with Gasteiger partial charge in [0.15, 0.2) is 0 Å². The predicted molar refractivity (Wildman–Crippen MR) is 63.5 cm³/mol. The van der Waals surface area contributed by atoms with E-state index < -0.39 is 0 Å². The molecule has 0 radical (unpaired) electrons. The number of para-hydroxylation sites is 1. The molecule has 1 aliphatic rings. The highest BCUT2D eigenvalue weighted by atomic mass is 79.9. The Kier molecular flexibility index (Phi) is 2.13. The average molecular weight is 264 g/mol. The second-order valence-electron chi connectivity index (χ2n) is 3.68. The van der Waals surface area contributed by atoms with Crippen LogP contribution in [0.25, 0.3) is 10.9 Å². The average Bonchev–Trinajstić information content (AvgIpc) is 2.27. The lowest BCUT2D eigenvalue weighted by molar-refractivity contribution is 0.277. The van der Waals surface area contributed by atoms with Crippen LogP contribution in [0.15, 0.2) is 30.3 Å². The molecule has 3 rings (SSSR count). The molecule has 0 N–H and O–H groups in total. The third-order valence-electron chi connectivity index (χ3n) is 2.66. The van der Waals surface area contributed by atoms with Crippen molar-refractivity contribution >= 4 is 26.8 Å². The Morgan fingerprint density at radius 2 is 2.20 bits per heavy atom. The van der Waals surface area contributed by atoms with Crippen LogP contribution < -0.4 is 4.74 Å². The molecule has 0 saturated heterocycles. The minimum Gasteiger partial charge on any atom is -0.477 e. The molecule has 2 aromatic rings. The van der Waals surface area contributed by atoms with E-state index in [2.05, 4.69) is 33.0 Å². The molecule has 2 nitrogen and oxygen atoms in total. The monoisotopic (exact) mass is 263 g/mol. The number of ether oxygens (including phenoxy) is 1. The standard InChI is InChI=1S/C12H10BrNO/c13-10-5-6-15-12-9(10)7-8-3-1-2-4-11(8)14-12/h1-4,7,10H,5-6H2. The summed E-state index contributed by atoms with van der Waals surface area (Å²) in [6, 6.07) is 10.3. The van der Waals surface area contributed by atoms with E-state index in [4.69, 9.17) is 4.74 Å². The molecule has 2 heterocycles. The van der Waals surface area contributed by atoms with Crippen LogP contribution in [0.3, 0.4) is 0 Å². The molecule has 0 fully saturated rings. The molecule has 1 aromatic carbocycles. The lowest BCUT2D eigenvalue weighted by Gasteiger charge is -2.21. The number of halogens is 1. The van der Waals surface area contributed by atoms with Crippen LogP contribution in [0.4, 0.5) is 0 Å². The summed E-state index contributed by atoms with van der Waals surface area (Å²) in [5, 5.41) is 1.17. The molecular formula is C12H10BrNO. The topological polar surface area (TPSA) is 22.1 Å². The van der Waals surface area contributed by atoms with E-state index in [0.717, 1.165) is 24.4 Å². The van der Waals surface area contributed by atoms with Crippen LogP contribution in [0, 0.1) is 0 Å². The van der Waals surface area contributed by atoms with Crippen LogP contribution in [0.5, 0.6) is 5.88 Å². The van der Waals surface area contributed by atoms with Gasteiger partial charge in [-0.2, -0.15) is 0 Å². The van der Waals surface area contributed by atoms with Gasteiger partial charge >= 0.3 is 0 Å². The molecule has 3 heteroatoms. The molecule has 1 aromatic heterocycles. The fourth-order valence-electron chi connectivity index (χ4n) is 1.87. The van der Waals surface area contributed by atoms with Crippen molar-refractivity contribution in [3.8, 4) is 5.88 Å². The minimum atomic E-state index is 0.373. The Morgan fingerprint density at radius 1 is 1.33 bits per heavy atom. The summed E-state index contributed by atoms with van der Waals surface area (Å²) in [6.07, 6.45) is 1.01. The maximum atomic E-state index is 5.56. The van der Waals surface area contributed by atoms with E-state index in [-0.39, 0.29) is 0 Å². The zero-order chi connectivity index (χ0) is 10.3. The largest absolute Gasteiger partial charge is 0.477 e. The predicted octanol–water partition coefficient (Wildman–Crippen LogP) is 3.45. The van der Waals surface area contributed by atoms with Crippen LogP contribution >= 0.6 is 15.9 Å². The highest BCUT2D eigenvalue weighted by Gasteiger charge is 2.20. The number of benzene rings is 1. The molecule has 0 saturated carbocycles. The van der Waals surface area contributed by atoms with Crippen molar-refractivity contribution in [3.63, 3.8) is 0 Å². The maximum absolute atomic E-state index is 5.56. The zero-order valence-corrected chi connectivity index (χ0v) is 9.70. The number of hydrogen-bond acceptors (Lipinski definition) is 2. The van der Waals surface area contributed by atoms with Crippen molar-refractivity contribution in [2.75, 3.05) is 6.61 Å². The van der Waals surface area contributed by atoms with Crippen molar-refractivity contribution in [1.29, 1.82) is 0 Å². The van der Waals surface area contributed by atoms with Crippen LogP contribution in [0.2, 0.25) is 0 Å². The summed E-state index contributed by atoms with van der Waals surface area (Å²) in [4.78, 5) is 4.89. The first-order valence-electron chi connectivity index (χ1n) is 5.01. The molecule has 76 valence electrons. The molecule has 0 spiro atoms. The number of nitrogens with zero attached hydrogens (tertiary/aromatic N) is 1. The van der Waals surface area contributed by atoms with E-state index in [9.17, 15) is 0 Å². The zero-order valence-electron chi connectivity index (χ0n) is 8.11. The second-order valence-corrected chi connectivity index (χ2v) is 4.79. The fraction of sp³-hybridized carbons (Fsp3) is 0.250. The van der Waals surface area contributed by atoms with E-state index in [1.807, 2.05) is 18.2 Å². The highest BCUT2D eigenvalue weighted by molar-refractivity contribution is 9.09. The SMILES string of the molecule is BrC1CCOc2nc3ccccc3cc21. The lowest BCUT2D eigenvalue weighted by atomic mass is 10.1. The summed E-state index contributed by atoms with van der Waals surface area (Å²) in [5.41, 5.74) is 2.16. The summed E-state index contributed by atoms with van der Waals surface area (Å²) < 4.78 is 5.56. The first-order chi connectivity index (χ1) is 7.34. The van der Waals surface area contributed by atoms with Crippen LogP contribution in [-0.2, 0) is 0 Å². The molecule has 0 aliphatic carbocycles. The molecule has 0 amide bonds. The van der Waals surface area contributed by atoms with Crippen LogP contribution in [0.1, 0.15) is 16.8 Å². The Hall–Kier alpha value is -1.09. The normalized spacial score (nSPS) is 19.7. The van der Waals surface area contributed by atoms with Gasteiger partial charge in [0.1, 0.15) is 0 Å². The van der Waals surface area contributed by atoms with Gasteiger partial charge in [-0.05, 0) is 18.6 Å². The molecule has 1 unspecified atom stereocenters. The van der Waals surface area contributed by atoms with Gasteiger partial charge < -0.3 is 4.74 Å². The van der Waals surface area contributed by atoms with E-state index in [1.165, 1.54) is 10.9 Å². The Morgan fingerprint density at radius 3 is 3.13 bits per heavy atom. The van der Waals surface area contributed by atoms with Crippen molar-refractivity contribution in [3.05, 3.63) is 35.9 Å². The summed E-state index contributed by atoms with van der Waals surface area (Å²) in [7, 11) is 0. The quantitative estimate of drug-likeness (QED) is 0.680. The molecular weight excluding hydrogens is 254 g/mol. The summed E-state index contributed by atoms with van der Waals surface area (Å²) in [5.74, 6) is 0.779. The van der Waals surface area contributed by atoms with Gasteiger partial charge in [0.25, 0.3) is 0 Å². The Labute approximate surface area is 96.4 Å². The number of pyridine rings is 1. The molecule has 1 atom stereocenters. The smallest absolute Gasteiger partial charge is 0.218 e. The third-order valence-corrected chi connectivity index (χ3v) is 3.62. The van der Waals surface area contributed by atoms with Gasteiger partial charge in [-0.15, -0.1) is 0 Å². The number of rotatable bonds is 0. The van der Waals surface area contributed by atoms with Gasteiger partial charge in [-0.25, -0.2) is 4.98 Å². The van der Waals surface area contributed by atoms with Gasteiger partial charge in [0.2, 0.25) is 5.88 Å². The first-order valence-corrected chi connectivity index (χ1v) is 5.93. The Balaban J connectivity index is 2.27. The lowest BCUT2D eigenvalue weighted by Crippen LogP contribution is -2.11. The number of hydrogen-bond donors (Lipinski definition) is 0. The third kappa shape index (κ3) is 1.51. The number of fused-ring (bicyclic) bond motifs is 2. The highest BCUT2D eigenvalue weighted by Crippen LogP contribution is 2.37. The number of aromatic nitrogens is 1. The second kappa shape index (κ2) is 3.49. The van der Waals surface area contributed by atoms with E-state index >= 15 is 0 Å². The van der Waals surface area contributed by atoms with Crippen molar-refractivity contribution in [2.24, 2.45) is 0 Å². The van der Waals surface area contributed by atoms with Gasteiger partial charge in [-0.3, -0.25) is 0 Å². The molecule has 0 bridgehead atoms. The number of alkyl halides is 1. The van der Waals surface area contributed by atoms with Gasteiger partial charge in [0.05, 0.1) is 12.1 Å². The van der Waals surface area contributed by atoms with E-state index in [1.54, 1.807) is 0 Å².